The van der Waals surface area contributed by atoms with Gasteiger partial charge in [-0.3, -0.25) is 0 Å². The molecule has 5 heteroatoms. The molecule has 0 unspecified atom stereocenters. The van der Waals surface area contributed by atoms with E-state index in [0.29, 0.717) is 18.3 Å². The van der Waals surface area contributed by atoms with Crippen LogP contribution >= 0.6 is 0 Å². The zero-order chi connectivity index (χ0) is 15.4. The summed E-state index contributed by atoms with van der Waals surface area (Å²) in [5.74, 6) is 1.67. The number of nitrogens with one attached hydrogen (secondary N) is 1. The summed E-state index contributed by atoms with van der Waals surface area (Å²) in [7, 11) is 0. The van der Waals surface area contributed by atoms with Gasteiger partial charge in [0.1, 0.15) is 0 Å². The molecule has 0 amide bonds. The predicted octanol–water partition coefficient (Wildman–Crippen LogP) is 3.80. The summed E-state index contributed by atoms with van der Waals surface area (Å²) in [4.78, 5) is 6.87. The monoisotopic (exact) mass is 300 g/mol. The molecule has 0 radical (unpaired) electrons. The van der Waals surface area contributed by atoms with Crippen molar-refractivity contribution in [3.05, 3.63) is 36.0 Å². The molecule has 3 rings (SSSR count). The highest BCUT2D eigenvalue weighted by atomic mass is 16.5. The molecule has 1 aromatic heterocycles. The maximum absolute atomic E-state index is 5.25. The molecule has 5 nitrogen and oxygen atoms in total. The maximum atomic E-state index is 5.25. The molecule has 1 aromatic carbocycles. The Bertz CT molecular complexity index is 602. The second-order valence-corrected chi connectivity index (χ2v) is 6.12. The minimum Gasteiger partial charge on any atom is -0.376 e. The second kappa shape index (κ2) is 6.81. The van der Waals surface area contributed by atoms with Crippen LogP contribution in [0.4, 0.5) is 11.4 Å². The summed E-state index contributed by atoms with van der Waals surface area (Å²) >= 11 is 0. The molecule has 1 aliphatic rings. The Morgan fingerprint density at radius 2 is 1.95 bits per heavy atom. The first-order valence-corrected chi connectivity index (χ1v) is 8.14. The van der Waals surface area contributed by atoms with Crippen molar-refractivity contribution in [2.45, 2.75) is 45.6 Å². The van der Waals surface area contributed by atoms with Crippen molar-refractivity contribution in [1.82, 2.24) is 10.1 Å². The lowest BCUT2D eigenvalue weighted by atomic mass is 10.1. The van der Waals surface area contributed by atoms with Crippen molar-refractivity contribution in [2.24, 2.45) is 0 Å². The number of rotatable bonds is 5. The lowest BCUT2D eigenvalue weighted by Gasteiger charge is -2.30. The summed E-state index contributed by atoms with van der Waals surface area (Å²) < 4.78 is 5.25. The van der Waals surface area contributed by atoms with Crippen LogP contribution in [0.1, 0.15) is 50.7 Å². The van der Waals surface area contributed by atoms with E-state index in [-0.39, 0.29) is 5.92 Å². The fourth-order valence-corrected chi connectivity index (χ4v) is 2.78. The number of anilines is 2. The van der Waals surface area contributed by atoms with Crippen molar-refractivity contribution in [2.75, 3.05) is 23.3 Å². The third kappa shape index (κ3) is 3.40. The smallest absolute Gasteiger partial charge is 0.229 e. The molecule has 0 aliphatic carbocycles. The highest BCUT2D eigenvalue weighted by Crippen LogP contribution is 2.28. The number of nitrogens with zero attached hydrogens (tertiary/aromatic N) is 3. The minimum atomic E-state index is 0.266. The van der Waals surface area contributed by atoms with Crippen molar-refractivity contribution in [3.8, 4) is 0 Å². The van der Waals surface area contributed by atoms with Crippen LogP contribution in [-0.2, 0) is 6.54 Å². The topological polar surface area (TPSA) is 54.2 Å². The van der Waals surface area contributed by atoms with Gasteiger partial charge in [0.05, 0.1) is 17.9 Å². The molecule has 22 heavy (non-hydrogen) atoms. The van der Waals surface area contributed by atoms with Crippen molar-refractivity contribution >= 4 is 11.4 Å². The zero-order valence-electron chi connectivity index (χ0n) is 13.4. The molecule has 0 bridgehead atoms. The minimum absolute atomic E-state index is 0.266. The zero-order valence-corrected chi connectivity index (χ0v) is 13.4. The quantitative estimate of drug-likeness (QED) is 0.910. The van der Waals surface area contributed by atoms with Gasteiger partial charge in [-0.2, -0.15) is 4.98 Å². The molecular formula is C17H24N4O. The van der Waals surface area contributed by atoms with Crippen molar-refractivity contribution in [1.29, 1.82) is 0 Å². The first kappa shape index (κ1) is 14.9. The molecule has 1 fully saturated rings. The molecule has 0 atom stereocenters. The summed E-state index contributed by atoms with van der Waals surface area (Å²) in [6, 6.07) is 8.46. The van der Waals surface area contributed by atoms with Gasteiger partial charge in [-0.15, -0.1) is 0 Å². The molecule has 0 spiro atoms. The normalized spacial score (nSPS) is 15.3. The van der Waals surface area contributed by atoms with Gasteiger partial charge >= 0.3 is 0 Å². The van der Waals surface area contributed by atoms with Crippen LogP contribution < -0.4 is 10.2 Å². The SMILES string of the molecule is CC(C)c1nc(CNc2ccccc2N2CCCCC2)no1. The van der Waals surface area contributed by atoms with Gasteiger partial charge in [0, 0.05) is 19.0 Å². The average Bonchev–Trinajstić information content (AvgIpc) is 3.03. The molecule has 118 valence electrons. The van der Waals surface area contributed by atoms with Crippen molar-refractivity contribution in [3.63, 3.8) is 0 Å². The van der Waals surface area contributed by atoms with Gasteiger partial charge in [-0.05, 0) is 31.4 Å². The summed E-state index contributed by atoms with van der Waals surface area (Å²) in [5, 5.41) is 7.48. The summed E-state index contributed by atoms with van der Waals surface area (Å²) in [6.45, 7) is 6.96. The fraction of sp³-hybridized carbons (Fsp3) is 0.529. The van der Waals surface area contributed by atoms with Crippen molar-refractivity contribution < 1.29 is 4.52 Å². The predicted molar refractivity (Wildman–Crippen MR) is 88.2 cm³/mol. The number of para-hydroxylation sites is 2. The third-order valence-corrected chi connectivity index (χ3v) is 4.02. The molecule has 2 aromatic rings. The molecule has 1 aliphatic heterocycles. The molecule has 1 N–H and O–H groups in total. The molecule has 2 heterocycles. The summed E-state index contributed by atoms with van der Waals surface area (Å²) in [5.41, 5.74) is 2.41. The Morgan fingerprint density at radius 1 is 1.18 bits per heavy atom. The van der Waals surface area contributed by atoms with Crippen LogP contribution in [0.25, 0.3) is 0 Å². The molecule has 1 saturated heterocycles. The van der Waals surface area contributed by atoms with E-state index >= 15 is 0 Å². The van der Waals surface area contributed by atoms with Crippen LogP contribution in [0.5, 0.6) is 0 Å². The number of hydrogen-bond donors (Lipinski definition) is 1. The van der Waals surface area contributed by atoms with Gasteiger partial charge in [0.15, 0.2) is 5.82 Å². The highest BCUT2D eigenvalue weighted by Gasteiger charge is 2.15. The Balaban J connectivity index is 1.69. The number of benzene rings is 1. The van der Waals surface area contributed by atoms with Crippen LogP contribution in [0.2, 0.25) is 0 Å². The Kier molecular flexibility index (Phi) is 4.61. The van der Waals surface area contributed by atoms with E-state index in [1.807, 2.05) is 0 Å². The Morgan fingerprint density at radius 3 is 2.68 bits per heavy atom. The number of piperidine rings is 1. The standard InChI is InChI=1S/C17H24N4O/c1-13(2)17-19-16(20-22-17)12-18-14-8-4-5-9-15(14)21-10-6-3-7-11-21/h4-5,8-9,13,18H,3,6-7,10-12H2,1-2H3. The van der Waals surface area contributed by atoms with Gasteiger partial charge in [0.2, 0.25) is 5.89 Å². The van der Waals surface area contributed by atoms with E-state index in [1.54, 1.807) is 0 Å². The van der Waals surface area contributed by atoms with Gasteiger partial charge in [0.25, 0.3) is 0 Å². The lowest BCUT2D eigenvalue weighted by molar-refractivity contribution is 0.361. The van der Waals surface area contributed by atoms with E-state index in [9.17, 15) is 0 Å². The highest BCUT2D eigenvalue weighted by molar-refractivity contribution is 5.70. The Hall–Kier alpha value is -2.04. The largest absolute Gasteiger partial charge is 0.376 e. The molecular weight excluding hydrogens is 276 g/mol. The van der Waals surface area contributed by atoms with Crippen LogP contribution in [0, 0.1) is 0 Å². The number of aromatic nitrogens is 2. The van der Waals surface area contributed by atoms with Crippen LogP contribution in [-0.4, -0.2) is 23.2 Å². The van der Waals surface area contributed by atoms with E-state index in [1.165, 1.54) is 24.9 Å². The Labute approximate surface area is 131 Å². The second-order valence-electron chi connectivity index (χ2n) is 6.12. The van der Waals surface area contributed by atoms with E-state index in [2.05, 4.69) is 58.5 Å². The summed E-state index contributed by atoms with van der Waals surface area (Å²) in [6.07, 6.45) is 3.89. The van der Waals surface area contributed by atoms with Gasteiger partial charge < -0.3 is 14.7 Å². The number of hydrogen-bond acceptors (Lipinski definition) is 5. The first-order valence-electron chi connectivity index (χ1n) is 8.14. The van der Waals surface area contributed by atoms with E-state index in [4.69, 9.17) is 4.52 Å². The van der Waals surface area contributed by atoms with E-state index < -0.39 is 0 Å². The van der Waals surface area contributed by atoms with Crippen LogP contribution in [0.3, 0.4) is 0 Å². The van der Waals surface area contributed by atoms with Gasteiger partial charge in [-0.1, -0.05) is 31.1 Å². The average molecular weight is 300 g/mol. The fourth-order valence-electron chi connectivity index (χ4n) is 2.78. The van der Waals surface area contributed by atoms with Gasteiger partial charge in [-0.25, -0.2) is 0 Å². The molecule has 0 saturated carbocycles. The third-order valence-electron chi connectivity index (χ3n) is 4.02. The lowest BCUT2D eigenvalue weighted by Crippen LogP contribution is -2.30. The first-order chi connectivity index (χ1) is 10.7. The maximum Gasteiger partial charge on any atom is 0.229 e. The van der Waals surface area contributed by atoms with E-state index in [0.717, 1.165) is 18.8 Å². The van der Waals surface area contributed by atoms with Crippen LogP contribution in [0.15, 0.2) is 28.8 Å².